The molecule has 4 rings (SSSR count). The summed E-state index contributed by atoms with van der Waals surface area (Å²) in [7, 11) is 0. The van der Waals surface area contributed by atoms with Crippen molar-refractivity contribution < 1.29 is 17.9 Å². The summed E-state index contributed by atoms with van der Waals surface area (Å²) in [5, 5.41) is 11.9. The van der Waals surface area contributed by atoms with Crippen LogP contribution in [0.5, 0.6) is 5.88 Å². The van der Waals surface area contributed by atoms with Crippen LogP contribution in [0.15, 0.2) is 6.07 Å². The lowest BCUT2D eigenvalue weighted by Crippen LogP contribution is -2.59. The minimum Gasteiger partial charge on any atom is -0.474 e. The van der Waals surface area contributed by atoms with Gasteiger partial charge in [0.25, 0.3) is 0 Å². The number of hydrogen-bond acceptors (Lipinski definition) is 6. The molecule has 158 valence electrons. The van der Waals surface area contributed by atoms with Crippen molar-refractivity contribution in [2.75, 3.05) is 18.4 Å². The number of rotatable bonds is 6. The van der Waals surface area contributed by atoms with Crippen molar-refractivity contribution in [1.29, 1.82) is 5.26 Å². The quantitative estimate of drug-likeness (QED) is 0.766. The van der Waals surface area contributed by atoms with Crippen molar-refractivity contribution >= 4 is 5.82 Å². The number of likely N-dealkylation sites (tertiary alicyclic amines) is 1. The molecular weight excluding hydrogens is 383 g/mol. The lowest BCUT2D eigenvalue weighted by molar-refractivity contribution is -0.145. The van der Waals surface area contributed by atoms with Crippen LogP contribution in [-0.4, -0.2) is 46.1 Å². The fourth-order valence-electron chi connectivity index (χ4n) is 4.32. The van der Waals surface area contributed by atoms with Gasteiger partial charge in [0.1, 0.15) is 11.9 Å². The predicted molar refractivity (Wildman–Crippen MR) is 100 cm³/mol. The summed E-state index contributed by atoms with van der Waals surface area (Å²) in [6.07, 6.45) is 1.17. The molecule has 0 aromatic carbocycles. The largest absolute Gasteiger partial charge is 0.474 e. The van der Waals surface area contributed by atoms with Gasteiger partial charge in [0.15, 0.2) is 0 Å². The smallest absolute Gasteiger partial charge is 0.451 e. The molecule has 6 nitrogen and oxygen atoms in total. The van der Waals surface area contributed by atoms with Gasteiger partial charge in [-0.2, -0.15) is 23.4 Å². The number of nitriles is 1. The van der Waals surface area contributed by atoms with Crippen LogP contribution in [0.1, 0.15) is 57.7 Å². The van der Waals surface area contributed by atoms with Gasteiger partial charge in [-0.15, -0.1) is 0 Å². The molecule has 1 N–H and O–H groups in total. The van der Waals surface area contributed by atoms with Crippen molar-refractivity contribution in [3.05, 3.63) is 11.9 Å². The third-order valence-corrected chi connectivity index (χ3v) is 6.01. The van der Waals surface area contributed by atoms with Crippen LogP contribution in [0.25, 0.3) is 0 Å². The first kappa shape index (κ1) is 20.2. The first-order valence-electron chi connectivity index (χ1n) is 10.2. The second kappa shape index (κ2) is 7.63. The fourth-order valence-corrected chi connectivity index (χ4v) is 4.32. The minimum absolute atomic E-state index is 0.00975. The zero-order valence-corrected chi connectivity index (χ0v) is 16.5. The third kappa shape index (κ3) is 4.92. The van der Waals surface area contributed by atoms with Crippen LogP contribution < -0.4 is 10.1 Å². The summed E-state index contributed by atoms with van der Waals surface area (Å²) in [4.78, 5) is 9.63. The van der Waals surface area contributed by atoms with Gasteiger partial charge in [-0.3, -0.25) is 4.90 Å². The van der Waals surface area contributed by atoms with E-state index in [2.05, 4.69) is 33.2 Å². The molecule has 1 aromatic heterocycles. The number of alkyl halides is 3. The second-order valence-corrected chi connectivity index (χ2v) is 8.93. The van der Waals surface area contributed by atoms with E-state index in [1.54, 1.807) is 0 Å². The Bertz CT molecular complexity index is 775. The molecule has 0 atom stereocenters. The van der Waals surface area contributed by atoms with Gasteiger partial charge in [0.2, 0.25) is 11.7 Å². The molecule has 1 saturated heterocycles. The molecule has 3 fully saturated rings. The highest BCUT2D eigenvalue weighted by molar-refractivity contribution is 5.41. The number of nitrogens with zero attached hydrogens (tertiary/aromatic N) is 4. The summed E-state index contributed by atoms with van der Waals surface area (Å²) in [6, 6.07) is 4.39. The Morgan fingerprint density at radius 3 is 2.48 bits per heavy atom. The van der Waals surface area contributed by atoms with E-state index in [0.29, 0.717) is 12.5 Å². The minimum atomic E-state index is -4.61. The van der Waals surface area contributed by atoms with E-state index in [-0.39, 0.29) is 29.3 Å². The number of hydrogen-bond donors (Lipinski definition) is 1. The van der Waals surface area contributed by atoms with Crippen molar-refractivity contribution in [1.82, 2.24) is 14.9 Å². The Kier molecular flexibility index (Phi) is 5.32. The molecule has 0 bridgehead atoms. The number of anilines is 1. The van der Waals surface area contributed by atoms with Gasteiger partial charge in [-0.05, 0) is 38.5 Å². The SMILES string of the molecule is CC1(CC#N)CN(C2CCC(Oc3cc(NC4CC4)nc(C(F)(F)F)n3)CC2)C1. The molecule has 2 heterocycles. The Morgan fingerprint density at radius 2 is 1.90 bits per heavy atom. The van der Waals surface area contributed by atoms with Crippen molar-refractivity contribution in [3.63, 3.8) is 0 Å². The molecule has 2 saturated carbocycles. The van der Waals surface area contributed by atoms with Gasteiger partial charge < -0.3 is 10.1 Å². The van der Waals surface area contributed by atoms with E-state index in [1.165, 1.54) is 6.07 Å². The molecule has 0 amide bonds. The van der Waals surface area contributed by atoms with E-state index < -0.39 is 12.0 Å². The Hall–Kier alpha value is -2.08. The highest BCUT2D eigenvalue weighted by Gasteiger charge is 2.42. The van der Waals surface area contributed by atoms with Crippen LogP contribution in [0.2, 0.25) is 0 Å². The molecule has 9 heteroatoms. The van der Waals surface area contributed by atoms with Crippen molar-refractivity contribution in [2.24, 2.45) is 5.41 Å². The fraction of sp³-hybridized carbons (Fsp3) is 0.750. The molecule has 1 aromatic rings. The number of aromatic nitrogens is 2. The van der Waals surface area contributed by atoms with Crippen LogP contribution >= 0.6 is 0 Å². The maximum Gasteiger partial charge on any atom is 0.451 e. The summed E-state index contributed by atoms with van der Waals surface area (Å²) in [6.45, 7) is 4.02. The Morgan fingerprint density at radius 1 is 1.21 bits per heavy atom. The lowest BCUT2D eigenvalue weighted by Gasteiger charge is -2.52. The molecule has 2 aliphatic carbocycles. The van der Waals surface area contributed by atoms with Crippen LogP contribution in [0.4, 0.5) is 19.0 Å². The van der Waals surface area contributed by atoms with E-state index >= 15 is 0 Å². The van der Waals surface area contributed by atoms with E-state index in [1.807, 2.05) is 0 Å². The van der Waals surface area contributed by atoms with E-state index in [4.69, 9.17) is 10.00 Å². The first-order chi connectivity index (χ1) is 13.7. The highest BCUT2D eigenvalue weighted by atomic mass is 19.4. The molecule has 0 spiro atoms. The van der Waals surface area contributed by atoms with E-state index in [9.17, 15) is 13.2 Å². The number of halogens is 3. The average Bonchev–Trinajstić information content (AvgIpc) is 3.43. The monoisotopic (exact) mass is 409 g/mol. The van der Waals surface area contributed by atoms with Gasteiger partial charge in [-0.1, -0.05) is 6.92 Å². The molecule has 29 heavy (non-hydrogen) atoms. The lowest BCUT2D eigenvalue weighted by atomic mass is 9.76. The normalized spacial score (nSPS) is 27.0. The van der Waals surface area contributed by atoms with Gasteiger partial charge >= 0.3 is 6.18 Å². The molecule has 1 aliphatic heterocycles. The maximum absolute atomic E-state index is 13.1. The second-order valence-electron chi connectivity index (χ2n) is 8.93. The first-order valence-corrected chi connectivity index (χ1v) is 10.2. The van der Waals surface area contributed by atoms with E-state index in [0.717, 1.165) is 51.6 Å². The third-order valence-electron chi connectivity index (χ3n) is 6.01. The van der Waals surface area contributed by atoms with Gasteiger partial charge in [-0.25, -0.2) is 4.98 Å². The maximum atomic E-state index is 13.1. The number of nitrogens with one attached hydrogen (secondary N) is 1. The van der Waals surface area contributed by atoms with Crippen LogP contribution in [0, 0.1) is 16.7 Å². The standard InChI is InChI=1S/C20H26F3N5O/c1-19(8-9-24)11-28(12-19)14-4-6-15(7-5-14)29-17-10-16(25-13-2-3-13)26-18(27-17)20(21,22)23/h10,13-15H,2-8,11-12H2,1H3,(H,25,26,27). The predicted octanol–water partition coefficient (Wildman–Crippen LogP) is 4.00. The average molecular weight is 409 g/mol. The van der Waals surface area contributed by atoms with Crippen molar-refractivity contribution in [2.45, 2.75) is 76.2 Å². The topological polar surface area (TPSA) is 74.1 Å². The molecule has 0 unspecified atom stereocenters. The molecular formula is C20H26F3N5O. The van der Waals surface area contributed by atoms with Gasteiger partial charge in [0, 0.05) is 43.1 Å². The summed E-state index contributed by atoms with van der Waals surface area (Å²) >= 11 is 0. The molecule has 0 radical (unpaired) electrons. The summed E-state index contributed by atoms with van der Waals surface area (Å²) in [5.41, 5.74) is 0.0992. The van der Waals surface area contributed by atoms with Crippen LogP contribution in [-0.2, 0) is 6.18 Å². The summed E-state index contributed by atoms with van der Waals surface area (Å²) in [5.74, 6) is -0.996. The van der Waals surface area contributed by atoms with Gasteiger partial charge in [0.05, 0.1) is 6.07 Å². The summed E-state index contributed by atoms with van der Waals surface area (Å²) < 4.78 is 45.3. The Labute approximate surface area is 168 Å². The molecule has 3 aliphatic rings. The number of ether oxygens (including phenoxy) is 1. The Balaban J connectivity index is 1.34. The van der Waals surface area contributed by atoms with Crippen LogP contribution in [0.3, 0.4) is 0 Å². The zero-order valence-electron chi connectivity index (χ0n) is 16.5. The zero-order chi connectivity index (χ0) is 20.6. The highest BCUT2D eigenvalue weighted by Crippen LogP contribution is 2.38. The van der Waals surface area contributed by atoms with Crippen molar-refractivity contribution in [3.8, 4) is 11.9 Å².